The maximum Gasteiger partial charge on any atom is 0.322 e. The molecule has 9 heteroatoms. The van der Waals surface area contributed by atoms with Crippen LogP contribution in [0.1, 0.15) is 19.8 Å². The van der Waals surface area contributed by atoms with Gasteiger partial charge in [-0.3, -0.25) is 14.9 Å². The molecule has 2 fully saturated rings. The lowest BCUT2D eigenvalue weighted by Crippen LogP contribution is -2.61. The summed E-state index contributed by atoms with van der Waals surface area (Å²) in [5.41, 5.74) is 3.92. The van der Waals surface area contributed by atoms with Gasteiger partial charge in [0, 0.05) is 6.54 Å². The molecule has 2 heterocycles. The fourth-order valence-corrected chi connectivity index (χ4v) is 2.61. The third-order valence-corrected chi connectivity index (χ3v) is 3.55. The molecule has 2 atom stereocenters. The molecule has 2 aliphatic rings. The molecule has 9 nitrogen and oxygen atoms in total. The summed E-state index contributed by atoms with van der Waals surface area (Å²) in [7, 11) is 0. The number of nitrogens with zero attached hydrogens (tertiary/aromatic N) is 1. The van der Waals surface area contributed by atoms with Crippen molar-refractivity contribution < 1.29 is 19.2 Å². The number of hydrogen-bond donors (Lipinski definition) is 4. The highest BCUT2D eigenvalue weighted by Crippen LogP contribution is 2.24. The number of hydrogen-bond acceptors (Lipinski definition) is 4. The summed E-state index contributed by atoms with van der Waals surface area (Å²) < 4.78 is 0. The van der Waals surface area contributed by atoms with E-state index < -0.39 is 29.6 Å². The lowest BCUT2D eigenvalue weighted by Gasteiger charge is -2.39. The van der Waals surface area contributed by atoms with Gasteiger partial charge in [-0.15, -0.1) is 0 Å². The molecule has 0 aromatic heterocycles. The van der Waals surface area contributed by atoms with Crippen LogP contribution in [0.4, 0.5) is 9.59 Å². The van der Waals surface area contributed by atoms with E-state index in [4.69, 9.17) is 5.73 Å². The number of imide groups is 1. The molecule has 0 saturated carbocycles. The molecule has 20 heavy (non-hydrogen) atoms. The molecule has 0 bridgehead atoms. The summed E-state index contributed by atoms with van der Waals surface area (Å²) in [4.78, 5) is 47.5. The van der Waals surface area contributed by atoms with Gasteiger partial charge < -0.3 is 21.3 Å². The Morgan fingerprint density at radius 1 is 1.45 bits per heavy atom. The van der Waals surface area contributed by atoms with E-state index in [2.05, 4.69) is 16.0 Å². The van der Waals surface area contributed by atoms with Crippen LogP contribution in [0.25, 0.3) is 0 Å². The number of rotatable bonds is 2. The second-order valence-electron chi connectivity index (χ2n) is 5.08. The van der Waals surface area contributed by atoms with Crippen LogP contribution in [0, 0.1) is 0 Å². The quantitative estimate of drug-likeness (QED) is 0.447. The minimum absolute atomic E-state index is 0.0915. The van der Waals surface area contributed by atoms with Gasteiger partial charge in [-0.2, -0.15) is 0 Å². The monoisotopic (exact) mass is 283 g/mol. The van der Waals surface area contributed by atoms with E-state index in [-0.39, 0.29) is 12.5 Å². The molecule has 1 spiro atoms. The smallest absolute Gasteiger partial charge is 0.322 e. The number of amides is 6. The number of nitrogens with two attached hydrogens (primary N) is 1. The fourth-order valence-electron chi connectivity index (χ4n) is 2.61. The van der Waals surface area contributed by atoms with E-state index in [0.717, 1.165) is 0 Å². The Kier molecular flexibility index (Phi) is 3.51. The number of nitrogens with one attached hydrogen (secondary N) is 3. The van der Waals surface area contributed by atoms with Gasteiger partial charge >= 0.3 is 12.1 Å². The number of carbonyl (C=O) groups excluding carboxylic acids is 4. The number of likely N-dealkylation sites (tertiary alicyclic amines) is 1. The van der Waals surface area contributed by atoms with Crippen molar-refractivity contribution >= 4 is 23.9 Å². The van der Waals surface area contributed by atoms with E-state index in [1.165, 1.54) is 11.8 Å². The van der Waals surface area contributed by atoms with Gasteiger partial charge in [0.15, 0.2) is 0 Å². The summed E-state index contributed by atoms with van der Waals surface area (Å²) in [5, 5.41) is 7.06. The zero-order valence-corrected chi connectivity index (χ0v) is 11.1. The molecular formula is C11H17N5O4. The maximum absolute atomic E-state index is 12.2. The average molecular weight is 283 g/mol. The largest absolute Gasteiger partial charge is 0.352 e. The summed E-state index contributed by atoms with van der Waals surface area (Å²) in [6, 6.07) is -2.11. The highest BCUT2D eigenvalue weighted by molar-refractivity contribution is 6.07. The summed E-state index contributed by atoms with van der Waals surface area (Å²) in [6.45, 7) is 2.07. The van der Waals surface area contributed by atoms with Crippen LogP contribution < -0.4 is 21.7 Å². The van der Waals surface area contributed by atoms with Gasteiger partial charge in [0.25, 0.3) is 5.91 Å². The zero-order chi connectivity index (χ0) is 14.9. The first-order valence-corrected chi connectivity index (χ1v) is 6.32. The van der Waals surface area contributed by atoms with Crippen LogP contribution in [0.15, 0.2) is 0 Å². The van der Waals surface area contributed by atoms with Crippen molar-refractivity contribution in [3.05, 3.63) is 0 Å². The molecule has 2 saturated heterocycles. The Hall–Kier alpha value is -2.32. The third kappa shape index (κ3) is 2.51. The summed E-state index contributed by atoms with van der Waals surface area (Å²) in [5.74, 6) is -0.757. The number of piperidine rings is 1. The first kappa shape index (κ1) is 14.1. The molecule has 0 aliphatic carbocycles. The molecule has 110 valence electrons. The molecule has 0 aromatic carbocycles. The van der Waals surface area contributed by atoms with Crippen LogP contribution in [0.5, 0.6) is 0 Å². The highest BCUT2D eigenvalue weighted by Gasteiger charge is 2.49. The van der Waals surface area contributed by atoms with Crippen LogP contribution in [0.2, 0.25) is 0 Å². The molecule has 6 amide bonds. The third-order valence-electron chi connectivity index (χ3n) is 3.55. The van der Waals surface area contributed by atoms with Gasteiger partial charge in [-0.05, 0) is 19.8 Å². The van der Waals surface area contributed by atoms with Crippen molar-refractivity contribution in [1.82, 2.24) is 20.9 Å². The number of urea groups is 2. The Morgan fingerprint density at radius 2 is 2.15 bits per heavy atom. The topological polar surface area (TPSA) is 134 Å². The normalized spacial score (nSPS) is 26.9. The number of primary amides is 1. The van der Waals surface area contributed by atoms with Crippen molar-refractivity contribution in [2.24, 2.45) is 5.73 Å². The van der Waals surface area contributed by atoms with Crippen molar-refractivity contribution in [1.29, 1.82) is 0 Å². The molecule has 0 radical (unpaired) electrons. The lowest BCUT2D eigenvalue weighted by atomic mass is 9.89. The van der Waals surface area contributed by atoms with Gasteiger partial charge in [-0.1, -0.05) is 0 Å². The molecule has 0 aromatic rings. The van der Waals surface area contributed by atoms with Crippen LogP contribution in [-0.4, -0.2) is 53.4 Å². The van der Waals surface area contributed by atoms with Gasteiger partial charge in [0.2, 0.25) is 5.91 Å². The highest BCUT2D eigenvalue weighted by atomic mass is 16.2. The Bertz CT molecular complexity index is 479. The van der Waals surface area contributed by atoms with Crippen molar-refractivity contribution in [2.75, 3.05) is 13.1 Å². The van der Waals surface area contributed by atoms with Crippen LogP contribution >= 0.6 is 0 Å². The first-order chi connectivity index (χ1) is 9.34. The van der Waals surface area contributed by atoms with Crippen molar-refractivity contribution in [3.63, 3.8) is 0 Å². The van der Waals surface area contributed by atoms with Crippen molar-refractivity contribution in [3.8, 4) is 0 Å². The minimum atomic E-state index is -1.06. The number of carbonyl (C=O) groups is 4. The van der Waals surface area contributed by atoms with Crippen LogP contribution in [0.3, 0.4) is 0 Å². The first-order valence-electron chi connectivity index (χ1n) is 6.32. The standard InChI is InChI=1S/C11H17N5O4/c1-6(13-9(12)19)7(17)16-4-2-3-11(5-16)8(18)14-10(20)15-11/h6H,2-5H2,1H3,(H3,12,13,19)(H2,14,15,18,20). The van der Waals surface area contributed by atoms with E-state index in [1.807, 2.05) is 0 Å². The predicted molar refractivity (Wildman–Crippen MR) is 67.4 cm³/mol. The molecule has 2 rings (SSSR count). The van der Waals surface area contributed by atoms with Gasteiger partial charge in [0.05, 0.1) is 6.54 Å². The SMILES string of the molecule is CC(NC(N)=O)C(=O)N1CCCC2(C1)NC(=O)NC2=O. The molecule has 2 aliphatic heterocycles. The summed E-state index contributed by atoms with van der Waals surface area (Å²) in [6.07, 6.45) is 1.06. The van der Waals surface area contributed by atoms with Gasteiger partial charge in [-0.25, -0.2) is 9.59 Å². The lowest BCUT2D eigenvalue weighted by molar-refractivity contribution is -0.137. The second-order valence-corrected chi connectivity index (χ2v) is 5.08. The zero-order valence-electron chi connectivity index (χ0n) is 11.1. The maximum atomic E-state index is 12.2. The van der Waals surface area contributed by atoms with E-state index in [0.29, 0.717) is 19.4 Å². The molecule has 2 unspecified atom stereocenters. The molecular weight excluding hydrogens is 266 g/mol. The van der Waals surface area contributed by atoms with E-state index in [1.54, 1.807) is 0 Å². The van der Waals surface area contributed by atoms with E-state index >= 15 is 0 Å². The fraction of sp³-hybridized carbons (Fsp3) is 0.636. The Labute approximate surface area is 115 Å². The molecule has 5 N–H and O–H groups in total. The average Bonchev–Trinajstić information content (AvgIpc) is 2.62. The van der Waals surface area contributed by atoms with Gasteiger partial charge in [0.1, 0.15) is 11.6 Å². The van der Waals surface area contributed by atoms with Crippen molar-refractivity contribution in [2.45, 2.75) is 31.3 Å². The minimum Gasteiger partial charge on any atom is -0.352 e. The van der Waals surface area contributed by atoms with E-state index in [9.17, 15) is 19.2 Å². The summed E-state index contributed by atoms with van der Waals surface area (Å²) >= 11 is 0. The Balaban J connectivity index is 2.07. The second kappa shape index (κ2) is 4.99. The van der Waals surface area contributed by atoms with Crippen LogP contribution in [-0.2, 0) is 9.59 Å². The Morgan fingerprint density at radius 3 is 2.70 bits per heavy atom. The predicted octanol–water partition coefficient (Wildman–Crippen LogP) is -1.76.